The van der Waals surface area contributed by atoms with Crippen LogP contribution in [0.4, 0.5) is 0 Å². The first-order chi connectivity index (χ1) is 3.95. The second kappa shape index (κ2) is 5.28. The molecule has 1 atom stereocenters. The number of nitriles is 1. The molecule has 10 heavy (non-hydrogen) atoms. The van der Waals surface area contributed by atoms with Gasteiger partial charge < -0.3 is 11.2 Å². The molecule has 0 aromatic carbocycles. The van der Waals surface area contributed by atoms with Gasteiger partial charge in [0.15, 0.2) is 6.10 Å². The Morgan fingerprint density at radius 2 is 2.20 bits per heavy atom. The summed E-state index contributed by atoms with van der Waals surface area (Å²) < 4.78 is 13.8. The monoisotopic (exact) mass is 175 g/mol. The second-order valence-corrected chi connectivity index (χ2v) is 2.56. The molecule has 54 valence electrons. The smallest absolute Gasteiger partial charge is 1.00 e. The minimum Gasteiger partial charge on any atom is -1.00 e. The van der Waals surface area contributed by atoms with E-state index in [4.69, 9.17) is 15.0 Å². The third kappa shape index (κ3) is 8.60. The van der Waals surface area contributed by atoms with Crippen LogP contribution >= 0.6 is 7.82 Å². The minimum absolute atomic E-state index is 0. The van der Waals surface area contributed by atoms with Crippen molar-refractivity contribution in [2.45, 2.75) is 13.0 Å². The Morgan fingerprint density at radius 1 is 1.80 bits per heavy atom. The Kier molecular flexibility index (Phi) is 6.97. The zero-order valence-corrected chi connectivity index (χ0v) is 8.58. The van der Waals surface area contributed by atoms with Crippen molar-refractivity contribution in [3.05, 3.63) is 0 Å². The van der Waals surface area contributed by atoms with E-state index in [1.54, 1.807) is 0 Å². The molecule has 1 unspecified atom stereocenters. The van der Waals surface area contributed by atoms with E-state index in [-0.39, 0.29) is 31.0 Å². The molecule has 0 aliphatic heterocycles. The number of hydrogen-bond acceptors (Lipinski definition) is 3. The fourth-order valence-corrected chi connectivity index (χ4v) is 0.689. The summed E-state index contributed by atoms with van der Waals surface area (Å²) in [6.45, 7) is 1.25. The third-order valence-electron chi connectivity index (χ3n) is 0.477. The Bertz CT molecular complexity index is 177. The first kappa shape index (κ1) is 13.2. The average molecular weight is 175 g/mol. The molecule has 0 saturated carbocycles. The SMILES string of the molecule is CC(C#N)OP(=O)(O)O.[H-].[Na+]. The van der Waals surface area contributed by atoms with E-state index < -0.39 is 13.9 Å². The molecule has 7 heteroatoms. The maximum atomic E-state index is 9.92. The number of phosphoric acid groups is 1. The van der Waals surface area contributed by atoms with Crippen LogP contribution in [0.2, 0.25) is 0 Å². The van der Waals surface area contributed by atoms with Gasteiger partial charge in [0, 0.05) is 0 Å². The van der Waals surface area contributed by atoms with Crippen LogP contribution in [0, 0.1) is 11.3 Å². The molecule has 0 saturated heterocycles. The fraction of sp³-hybridized carbons (Fsp3) is 0.667. The summed E-state index contributed by atoms with van der Waals surface area (Å²) in [6.07, 6.45) is -1.06. The molecule has 0 bridgehead atoms. The van der Waals surface area contributed by atoms with Gasteiger partial charge in [-0.3, -0.25) is 4.52 Å². The van der Waals surface area contributed by atoms with Crippen LogP contribution < -0.4 is 29.6 Å². The maximum absolute atomic E-state index is 9.92. The third-order valence-corrected chi connectivity index (χ3v) is 1.07. The van der Waals surface area contributed by atoms with Gasteiger partial charge in [0.05, 0.1) is 6.07 Å². The molecule has 2 N–H and O–H groups in total. The molecule has 0 heterocycles. The molecule has 0 aromatic heterocycles. The molecule has 0 aliphatic rings. The van der Waals surface area contributed by atoms with Crippen LogP contribution in [-0.2, 0) is 9.09 Å². The summed E-state index contributed by atoms with van der Waals surface area (Å²) in [7, 11) is -4.46. The van der Waals surface area contributed by atoms with E-state index in [2.05, 4.69) is 4.52 Å². The molecule has 0 aromatic rings. The molecule has 0 radical (unpaired) electrons. The predicted octanol–water partition coefficient (Wildman–Crippen LogP) is -2.88. The number of nitrogens with zero attached hydrogens (tertiary/aromatic N) is 1. The van der Waals surface area contributed by atoms with Crippen molar-refractivity contribution < 1.29 is 49.9 Å². The first-order valence-electron chi connectivity index (χ1n) is 2.09. The number of hydrogen-bond donors (Lipinski definition) is 2. The van der Waals surface area contributed by atoms with E-state index in [0.717, 1.165) is 0 Å². The van der Waals surface area contributed by atoms with E-state index in [9.17, 15) is 4.57 Å². The predicted molar refractivity (Wildman–Crippen MR) is 29.3 cm³/mol. The van der Waals surface area contributed by atoms with E-state index in [1.165, 1.54) is 13.0 Å². The topological polar surface area (TPSA) is 90.5 Å². The van der Waals surface area contributed by atoms with Gasteiger partial charge in [-0.2, -0.15) is 5.26 Å². The standard InChI is InChI=1S/C3H6NO4P.Na.H/c1-3(2-4)8-9(5,6)7;;/h3H,1H3,(H2,5,6,7);;/q;+1;-1. The van der Waals surface area contributed by atoms with Gasteiger partial charge in [0.1, 0.15) is 0 Å². The van der Waals surface area contributed by atoms with Gasteiger partial charge >= 0.3 is 37.4 Å². The van der Waals surface area contributed by atoms with Crippen molar-refractivity contribution >= 4 is 7.82 Å². The Balaban J connectivity index is -0.000000320. The van der Waals surface area contributed by atoms with Gasteiger partial charge in [0.2, 0.25) is 0 Å². The van der Waals surface area contributed by atoms with Gasteiger partial charge in [-0.05, 0) is 6.92 Å². The molecule has 0 spiro atoms. The molecular weight excluding hydrogens is 168 g/mol. The zero-order chi connectivity index (χ0) is 7.49. The van der Waals surface area contributed by atoms with Crippen LogP contribution in [-0.4, -0.2) is 15.9 Å². The molecule has 0 amide bonds. The van der Waals surface area contributed by atoms with Crippen molar-refractivity contribution in [3.8, 4) is 6.07 Å². The normalized spacial score (nSPS) is 13.0. The molecule has 0 rings (SSSR count). The summed E-state index contributed by atoms with van der Waals surface area (Å²) in [6, 6.07) is 1.51. The summed E-state index contributed by atoms with van der Waals surface area (Å²) in [5.74, 6) is 0. The van der Waals surface area contributed by atoms with Crippen LogP contribution in [0.25, 0.3) is 0 Å². The largest absolute Gasteiger partial charge is 1.00 e. The van der Waals surface area contributed by atoms with Crippen LogP contribution in [0.15, 0.2) is 0 Å². The second-order valence-electron chi connectivity index (χ2n) is 1.37. The van der Waals surface area contributed by atoms with Gasteiger partial charge in [-0.15, -0.1) is 0 Å². The molecule has 5 nitrogen and oxygen atoms in total. The average Bonchev–Trinajstić information content (AvgIpc) is 1.62. The summed E-state index contributed by atoms with van der Waals surface area (Å²) in [5.41, 5.74) is 0. The fourth-order valence-electron chi connectivity index (χ4n) is 0.230. The molecule has 0 fully saturated rings. The Hall–Kier alpha value is 0.600. The van der Waals surface area contributed by atoms with Gasteiger partial charge in [-0.1, -0.05) is 0 Å². The Labute approximate surface area is 82.0 Å². The Morgan fingerprint density at radius 3 is 2.30 bits per heavy atom. The quantitative estimate of drug-likeness (QED) is 0.347. The van der Waals surface area contributed by atoms with Gasteiger partial charge in [0.25, 0.3) is 0 Å². The van der Waals surface area contributed by atoms with Crippen molar-refractivity contribution in [1.29, 1.82) is 5.26 Å². The summed E-state index contributed by atoms with van der Waals surface area (Å²) in [4.78, 5) is 16.1. The van der Waals surface area contributed by atoms with Gasteiger partial charge in [-0.25, -0.2) is 4.57 Å². The summed E-state index contributed by atoms with van der Waals surface area (Å²) >= 11 is 0. The zero-order valence-electron chi connectivity index (χ0n) is 6.68. The van der Waals surface area contributed by atoms with Crippen LogP contribution in [0.1, 0.15) is 8.35 Å². The van der Waals surface area contributed by atoms with E-state index in [1.807, 2.05) is 0 Å². The number of rotatable bonds is 2. The molecular formula is C3H7NNaO4P. The first-order valence-corrected chi connectivity index (χ1v) is 3.62. The van der Waals surface area contributed by atoms with E-state index in [0.29, 0.717) is 0 Å². The van der Waals surface area contributed by atoms with Crippen molar-refractivity contribution in [2.75, 3.05) is 0 Å². The van der Waals surface area contributed by atoms with Crippen LogP contribution in [0.5, 0.6) is 0 Å². The summed E-state index contributed by atoms with van der Waals surface area (Å²) in [5, 5.41) is 7.98. The molecule has 0 aliphatic carbocycles. The maximum Gasteiger partial charge on any atom is 1.00 e. The van der Waals surface area contributed by atoms with Crippen molar-refractivity contribution in [2.24, 2.45) is 0 Å². The van der Waals surface area contributed by atoms with Crippen molar-refractivity contribution in [1.82, 2.24) is 0 Å². The minimum atomic E-state index is -4.46. The van der Waals surface area contributed by atoms with Crippen LogP contribution in [0.3, 0.4) is 0 Å². The van der Waals surface area contributed by atoms with Crippen molar-refractivity contribution in [3.63, 3.8) is 0 Å². The number of phosphoric ester groups is 1. The van der Waals surface area contributed by atoms with E-state index >= 15 is 0 Å².